The van der Waals surface area contributed by atoms with Crippen LogP contribution in [0.25, 0.3) is 0 Å². The van der Waals surface area contributed by atoms with Gasteiger partial charge >= 0.3 is 24.4 Å². The highest BCUT2D eigenvalue weighted by Crippen LogP contribution is 2.42. The van der Waals surface area contributed by atoms with Crippen molar-refractivity contribution in [1.29, 1.82) is 0 Å². The Morgan fingerprint density at radius 3 is 1.96 bits per heavy atom. The predicted molar refractivity (Wildman–Crippen MR) is 184 cm³/mol. The summed E-state index contributed by atoms with van der Waals surface area (Å²) in [5, 5.41) is 12.0. The van der Waals surface area contributed by atoms with E-state index < -0.39 is 59.1 Å². The van der Waals surface area contributed by atoms with Crippen LogP contribution in [0.1, 0.15) is 54.4 Å². The Labute approximate surface area is 298 Å². The molecule has 5 amide bonds. The Kier molecular flexibility index (Phi) is 12.8. The van der Waals surface area contributed by atoms with Gasteiger partial charge in [-0.3, -0.25) is 4.79 Å². The Morgan fingerprint density at radius 1 is 0.827 bits per heavy atom. The molecule has 0 bridgehead atoms. The van der Waals surface area contributed by atoms with E-state index in [0.717, 1.165) is 43.9 Å². The van der Waals surface area contributed by atoms with E-state index in [4.69, 9.17) is 5.73 Å². The lowest BCUT2D eigenvalue weighted by Crippen LogP contribution is -2.56. The van der Waals surface area contributed by atoms with E-state index in [1.54, 1.807) is 4.90 Å². The van der Waals surface area contributed by atoms with Gasteiger partial charge in [-0.1, -0.05) is 18.2 Å². The maximum absolute atomic E-state index is 13.7. The van der Waals surface area contributed by atoms with Gasteiger partial charge < -0.3 is 41.7 Å². The summed E-state index contributed by atoms with van der Waals surface area (Å²) in [5.74, 6) is -0.581. The Hall–Kier alpha value is -4.25. The van der Waals surface area contributed by atoms with Crippen LogP contribution in [0.2, 0.25) is 0 Å². The lowest BCUT2D eigenvalue weighted by molar-refractivity contribution is -0.141. The van der Waals surface area contributed by atoms with Crippen molar-refractivity contribution in [2.75, 3.05) is 70.0 Å². The molecule has 1 atom stereocenters. The van der Waals surface area contributed by atoms with Crippen LogP contribution in [0.3, 0.4) is 0 Å². The summed E-state index contributed by atoms with van der Waals surface area (Å²) in [5.41, 5.74) is 1.87. The van der Waals surface area contributed by atoms with E-state index in [2.05, 4.69) is 21.3 Å². The fraction of sp³-hybridized carbons (Fsp3) is 0.571. The zero-order chi connectivity index (χ0) is 37.5. The van der Waals surface area contributed by atoms with Crippen molar-refractivity contribution in [2.24, 2.45) is 0 Å². The number of likely N-dealkylation sites (tertiary alicyclic amines) is 2. The van der Waals surface area contributed by atoms with Crippen LogP contribution in [0, 0.1) is 0 Å². The fourth-order valence-corrected chi connectivity index (χ4v) is 7.03. The number of hydrogen-bond donors (Lipinski definition) is 5. The quantitative estimate of drug-likeness (QED) is 0.224. The number of nitrogens with zero attached hydrogens (tertiary/aromatic N) is 3. The molecule has 52 heavy (non-hydrogen) atoms. The van der Waals surface area contributed by atoms with Gasteiger partial charge in [0.15, 0.2) is 0 Å². The van der Waals surface area contributed by atoms with Crippen LogP contribution in [0.15, 0.2) is 36.4 Å². The largest absolute Gasteiger partial charge is 0.418 e. The second kappa shape index (κ2) is 17.1. The van der Waals surface area contributed by atoms with Crippen LogP contribution in [-0.2, 0) is 30.0 Å². The normalized spacial score (nSPS) is 19.4. The number of fused-ring (bicyclic) bond motifs is 1. The zero-order valence-corrected chi connectivity index (χ0v) is 28.8. The summed E-state index contributed by atoms with van der Waals surface area (Å²) in [6.07, 6.45) is -7.14. The first-order chi connectivity index (χ1) is 24.7. The van der Waals surface area contributed by atoms with E-state index in [9.17, 15) is 40.7 Å². The topological polar surface area (TPSA) is 135 Å². The molecule has 0 saturated carbocycles. The number of carbonyl (C=O) groups excluding carboxylic acids is 3. The van der Waals surface area contributed by atoms with Gasteiger partial charge in [-0.2, -0.15) is 26.3 Å². The monoisotopic (exact) mass is 740 g/mol. The maximum atomic E-state index is 13.7. The summed E-state index contributed by atoms with van der Waals surface area (Å²) >= 11 is 0. The third kappa shape index (κ3) is 9.99. The molecule has 17 heteroatoms. The minimum atomic E-state index is -5.17. The molecule has 6 rings (SSSR count). The van der Waals surface area contributed by atoms with Gasteiger partial charge in [0, 0.05) is 77.1 Å². The number of piperidine rings is 2. The molecule has 0 aromatic heterocycles. The molecule has 286 valence electrons. The Morgan fingerprint density at radius 2 is 1.40 bits per heavy atom. The molecule has 0 aliphatic carbocycles. The predicted octanol–water partition coefficient (Wildman–Crippen LogP) is 4.67. The number of para-hydroxylation sites is 1. The molecule has 4 aliphatic rings. The summed E-state index contributed by atoms with van der Waals surface area (Å²) in [6.45, 7) is 6.24. The number of halogens is 6. The van der Waals surface area contributed by atoms with Crippen LogP contribution in [-0.4, -0.2) is 104 Å². The molecule has 0 spiro atoms. The standard InChI is InChI=1S/C31H36F6N6O3.C4H10N2/c32-30(33,34)22-16-19(17-23(26(22)38)31(35,36)37)18-25(27(44)41-11-4-1-5-12-41)40-28(45)42-13-9-21(10-14-42)43-15-8-20-6-2-3-7-24(20)39-29(43)46;1-2-6-4-3-5-1/h2-3,6-7,16-17,21,25H,1,4-5,8-15,18,38H2,(H,39,46)(H,40,45);5-6H,1-4H2/t25-;/m1./s1. The molecule has 4 heterocycles. The van der Waals surface area contributed by atoms with Crippen molar-refractivity contribution in [2.45, 2.75) is 69.4 Å². The molecular weight excluding hydrogens is 694 g/mol. The van der Waals surface area contributed by atoms with E-state index in [0.29, 0.717) is 63.9 Å². The number of nitrogens with two attached hydrogens (primary N) is 1. The number of rotatable bonds is 5. The van der Waals surface area contributed by atoms with Crippen LogP contribution in [0.5, 0.6) is 0 Å². The average molecular weight is 741 g/mol. The summed E-state index contributed by atoms with van der Waals surface area (Å²) in [7, 11) is 0. The number of hydrogen-bond acceptors (Lipinski definition) is 6. The first-order valence-electron chi connectivity index (χ1n) is 17.7. The van der Waals surface area contributed by atoms with Crippen molar-refractivity contribution in [3.8, 4) is 0 Å². The van der Waals surface area contributed by atoms with Crippen molar-refractivity contribution >= 4 is 29.3 Å². The van der Waals surface area contributed by atoms with Crippen LogP contribution in [0.4, 0.5) is 47.3 Å². The second-order valence-electron chi connectivity index (χ2n) is 13.4. The number of anilines is 2. The number of nitrogen functional groups attached to an aromatic ring is 1. The Bertz CT molecular complexity index is 1510. The molecule has 6 N–H and O–H groups in total. The lowest BCUT2D eigenvalue weighted by atomic mass is 9.96. The molecule has 2 aromatic rings. The molecule has 2 aromatic carbocycles. The maximum Gasteiger partial charge on any atom is 0.418 e. The molecule has 4 aliphatic heterocycles. The van der Waals surface area contributed by atoms with Gasteiger partial charge in [0.25, 0.3) is 0 Å². The van der Waals surface area contributed by atoms with Crippen LogP contribution >= 0.6 is 0 Å². The van der Waals surface area contributed by atoms with Gasteiger partial charge in [-0.25, -0.2) is 9.59 Å². The average Bonchev–Trinajstić information content (AvgIpc) is 3.30. The smallest absolute Gasteiger partial charge is 0.398 e. The van der Waals surface area contributed by atoms with Crippen molar-refractivity contribution in [1.82, 2.24) is 30.7 Å². The number of piperazine rings is 1. The van der Waals surface area contributed by atoms with Crippen molar-refractivity contribution in [3.63, 3.8) is 0 Å². The van der Waals surface area contributed by atoms with Gasteiger partial charge in [0.1, 0.15) is 6.04 Å². The zero-order valence-electron chi connectivity index (χ0n) is 28.8. The Balaban J connectivity index is 0.000000790. The van der Waals surface area contributed by atoms with Gasteiger partial charge in [-0.15, -0.1) is 0 Å². The van der Waals surface area contributed by atoms with E-state index in [-0.39, 0.29) is 25.2 Å². The molecule has 0 radical (unpaired) electrons. The minimum absolute atomic E-state index is 0.152. The molecular formula is C35H46F6N8O3. The number of carbonyl (C=O) groups is 3. The number of amides is 5. The van der Waals surface area contributed by atoms with E-state index >= 15 is 0 Å². The highest BCUT2D eigenvalue weighted by Gasteiger charge is 2.41. The van der Waals surface area contributed by atoms with Gasteiger partial charge in [0.05, 0.1) is 16.8 Å². The van der Waals surface area contributed by atoms with E-state index in [1.165, 1.54) is 9.80 Å². The number of alkyl halides is 6. The van der Waals surface area contributed by atoms with Crippen molar-refractivity contribution in [3.05, 3.63) is 58.7 Å². The number of nitrogens with one attached hydrogen (secondary N) is 4. The minimum Gasteiger partial charge on any atom is -0.398 e. The van der Waals surface area contributed by atoms with Crippen molar-refractivity contribution < 1.29 is 40.7 Å². The number of benzene rings is 2. The third-order valence-corrected chi connectivity index (χ3v) is 9.85. The lowest BCUT2D eigenvalue weighted by Gasteiger charge is -2.38. The highest BCUT2D eigenvalue weighted by atomic mass is 19.4. The fourth-order valence-electron chi connectivity index (χ4n) is 7.03. The van der Waals surface area contributed by atoms with Crippen LogP contribution < -0.4 is 27.0 Å². The molecule has 0 unspecified atom stereocenters. The highest BCUT2D eigenvalue weighted by molar-refractivity contribution is 5.91. The first-order valence-corrected chi connectivity index (χ1v) is 17.7. The second-order valence-corrected chi connectivity index (χ2v) is 13.4. The third-order valence-electron chi connectivity index (χ3n) is 9.85. The van der Waals surface area contributed by atoms with Gasteiger partial charge in [0.2, 0.25) is 5.91 Å². The summed E-state index contributed by atoms with van der Waals surface area (Å²) in [6, 6.07) is 6.07. The first kappa shape index (κ1) is 39.0. The van der Waals surface area contributed by atoms with E-state index in [1.807, 2.05) is 24.3 Å². The molecule has 3 fully saturated rings. The SMILES string of the molecule is C1CNCCN1.Nc1c(C(F)(F)F)cc(C[C@@H](NC(=O)N2CCC(N3CCc4ccccc4NC3=O)CC2)C(=O)N2CCCCC2)cc1C(F)(F)F. The molecule has 3 saturated heterocycles. The van der Waals surface area contributed by atoms with Gasteiger partial charge in [-0.05, 0) is 67.9 Å². The summed E-state index contributed by atoms with van der Waals surface area (Å²) in [4.78, 5) is 44.6. The number of urea groups is 2. The summed E-state index contributed by atoms with van der Waals surface area (Å²) < 4.78 is 82.1. The molecule has 11 nitrogen and oxygen atoms in total.